The molecule has 2 aliphatic rings. The highest BCUT2D eigenvalue weighted by Crippen LogP contribution is 2.38. The van der Waals surface area contributed by atoms with Crippen molar-refractivity contribution in [3.05, 3.63) is 112 Å². The van der Waals surface area contributed by atoms with Crippen LogP contribution in [0.2, 0.25) is 0 Å². The zero-order valence-electron chi connectivity index (χ0n) is 14.9. The van der Waals surface area contributed by atoms with Crippen LogP contribution in [0.5, 0.6) is 11.5 Å². The Kier molecular flexibility index (Phi) is 5.75. The largest absolute Gasteiger partial charge is 0.425 e. The molecule has 136 valence electrons. The fourth-order valence-electron chi connectivity index (χ4n) is 2.89. The molecule has 10 radical (unpaired) electrons. The molecule has 0 N–H and O–H groups in total. The van der Waals surface area contributed by atoms with Gasteiger partial charge in [0, 0.05) is 11.1 Å². The second-order valence-corrected chi connectivity index (χ2v) is 6.12. The van der Waals surface area contributed by atoms with Gasteiger partial charge in [-0.1, -0.05) is 36.4 Å². The Bertz CT molecular complexity index is 774. The molecular weight excluding hydrogens is 352 g/mol. The lowest BCUT2D eigenvalue weighted by Crippen LogP contribution is -2.18. The number of hydrogen-bond acceptors (Lipinski definition) is 4. The number of rotatable bonds is 5. The maximum Gasteiger partial charge on any atom is 0.319 e. The Hall–Kier alpha value is -2.62. The average molecular weight is 368 g/mol. The topological polar surface area (TPSA) is 52.6 Å². The first-order valence-corrected chi connectivity index (χ1v) is 8.78. The van der Waals surface area contributed by atoms with Gasteiger partial charge in [0.25, 0.3) is 0 Å². The molecule has 2 fully saturated rings. The Morgan fingerprint density at radius 2 is 0.893 bits per heavy atom. The molecule has 0 atom stereocenters. The van der Waals surface area contributed by atoms with Gasteiger partial charge in [0.05, 0.1) is 11.8 Å². The second kappa shape index (κ2) is 8.59. The maximum atomic E-state index is 12.4. The Labute approximate surface area is 165 Å². The fraction of sp³-hybridized carbons (Fsp3) is 0. The second-order valence-electron chi connectivity index (χ2n) is 6.12. The summed E-state index contributed by atoms with van der Waals surface area (Å²) in [4.78, 5) is 24.7. The molecule has 0 heterocycles. The molecule has 4 nitrogen and oxygen atoms in total. The lowest BCUT2D eigenvalue weighted by atomic mass is 10.0. The van der Waals surface area contributed by atoms with E-state index in [0.717, 1.165) is 0 Å². The summed E-state index contributed by atoms with van der Waals surface area (Å²) >= 11 is 0. The summed E-state index contributed by atoms with van der Waals surface area (Å²) in [5.74, 6) is 0.861. The van der Waals surface area contributed by atoms with Gasteiger partial charge in [0.2, 0.25) is 0 Å². The first kappa shape index (κ1) is 18.7. The lowest BCUT2D eigenvalue weighted by Gasteiger charge is -2.16. The molecule has 0 bridgehead atoms. The molecule has 28 heavy (non-hydrogen) atoms. The number of carbonyl (C=O) groups excluding carboxylic acids is 2. The van der Waals surface area contributed by atoms with Gasteiger partial charge in [-0.25, -0.2) is 0 Å². The van der Waals surface area contributed by atoms with Gasteiger partial charge in [-0.2, -0.15) is 0 Å². The summed E-state index contributed by atoms with van der Waals surface area (Å²) in [5.41, 5.74) is 1.32. The van der Waals surface area contributed by atoms with Crippen molar-refractivity contribution in [2.24, 2.45) is 0 Å². The third-order valence-electron chi connectivity index (χ3n) is 4.27. The Balaban J connectivity index is 1.59. The third kappa shape index (κ3) is 4.11. The third-order valence-corrected chi connectivity index (χ3v) is 4.27. The van der Waals surface area contributed by atoms with Crippen LogP contribution in [0, 0.1) is 63.2 Å². The number of esters is 2. The minimum atomic E-state index is -0.441. The van der Waals surface area contributed by atoms with Crippen molar-refractivity contribution in [1.82, 2.24) is 0 Å². The predicted octanol–water partition coefficient (Wildman–Crippen LogP) is 3.97. The van der Waals surface area contributed by atoms with Crippen molar-refractivity contribution >= 4 is 11.9 Å². The lowest BCUT2D eigenvalue weighted by molar-refractivity contribution is -0.132. The van der Waals surface area contributed by atoms with Crippen LogP contribution in [0.4, 0.5) is 0 Å². The number of ether oxygens (including phenoxy) is 2. The van der Waals surface area contributed by atoms with E-state index in [9.17, 15) is 9.59 Å². The molecule has 0 saturated heterocycles. The number of benzene rings is 2. The molecule has 0 spiro atoms. The SMILES string of the molecule is O=C(Oc1ccccc1-c1ccccc1OC(=O)[C]1[CH][CH][CH][CH]1)[C]1[CH][CH][CH][CH]1. The highest BCUT2D eigenvalue weighted by molar-refractivity contribution is 5.95. The number of para-hydroxylation sites is 2. The van der Waals surface area contributed by atoms with Crippen LogP contribution >= 0.6 is 0 Å². The molecule has 0 aromatic heterocycles. The summed E-state index contributed by atoms with van der Waals surface area (Å²) in [5, 5.41) is 0. The smallest absolute Gasteiger partial charge is 0.319 e. The van der Waals surface area contributed by atoms with Crippen LogP contribution in [-0.2, 0) is 9.59 Å². The van der Waals surface area contributed by atoms with Crippen LogP contribution in [0.25, 0.3) is 11.1 Å². The molecule has 0 aliphatic heterocycles. The monoisotopic (exact) mass is 368 g/mol. The summed E-state index contributed by atoms with van der Waals surface area (Å²) in [6.45, 7) is 0. The number of carbonyl (C=O) groups is 2. The molecule has 4 rings (SSSR count). The van der Waals surface area contributed by atoms with E-state index >= 15 is 0 Å². The van der Waals surface area contributed by atoms with E-state index in [1.165, 1.54) is 0 Å². The van der Waals surface area contributed by atoms with Gasteiger partial charge >= 0.3 is 11.9 Å². The van der Waals surface area contributed by atoms with E-state index in [-0.39, 0.29) is 0 Å². The van der Waals surface area contributed by atoms with Crippen LogP contribution < -0.4 is 9.47 Å². The van der Waals surface area contributed by atoms with E-state index < -0.39 is 11.9 Å². The summed E-state index contributed by atoms with van der Waals surface area (Å²) in [6, 6.07) is 14.3. The van der Waals surface area contributed by atoms with Crippen molar-refractivity contribution in [3.63, 3.8) is 0 Å². The quantitative estimate of drug-likeness (QED) is 0.592. The van der Waals surface area contributed by atoms with Gasteiger partial charge in [-0.15, -0.1) is 0 Å². The zero-order valence-corrected chi connectivity index (χ0v) is 14.9. The van der Waals surface area contributed by atoms with Crippen molar-refractivity contribution < 1.29 is 19.1 Å². The molecule has 2 aromatic rings. The summed E-state index contributed by atoms with van der Waals surface area (Å²) < 4.78 is 11.2. The van der Waals surface area contributed by atoms with Gasteiger partial charge < -0.3 is 9.47 Å². The Morgan fingerprint density at radius 3 is 1.29 bits per heavy atom. The summed E-state index contributed by atoms with van der Waals surface area (Å²) in [6.07, 6.45) is 13.9. The molecule has 0 unspecified atom stereocenters. The number of hydrogen-bond donors (Lipinski definition) is 0. The minimum Gasteiger partial charge on any atom is -0.425 e. The zero-order chi connectivity index (χ0) is 19.3. The molecule has 2 aliphatic carbocycles. The van der Waals surface area contributed by atoms with Crippen LogP contribution in [-0.4, -0.2) is 11.9 Å². The van der Waals surface area contributed by atoms with Crippen molar-refractivity contribution in [2.45, 2.75) is 0 Å². The summed E-state index contributed by atoms with van der Waals surface area (Å²) in [7, 11) is 0. The average Bonchev–Trinajstić information content (AvgIpc) is 3.43. The van der Waals surface area contributed by atoms with Gasteiger partial charge in [-0.05, 0) is 63.5 Å². The fourth-order valence-corrected chi connectivity index (χ4v) is 2.89. The Morgan fingerprint density at radius 1 is 0.536 bits per heavy atom. The first-order valence-electron chi connectivity index (χ1n) is 8.78. The van der Waals surface area contributed by atoms with Gasteiger partial charge in [-0.3, -0.25) is 9.59 Å². The van der Waals surface area contributed by atoms with Crippen LogP contribution in [0.1, 0.15) is 0 Å². The van der Waals surface area contributed by atoms with E-state index in [2.05, 4.69) is 0 Å². The molecular formula is C24H16O4. The van der Waals surface area contributed by atoms with E-state index in [4.69, 9.17) is 9.47 Å². The van der Waals surface area contributed by atoms with E-state index in [0.29, 0.717) is 34.5 Å². The normalized spacial score (nSPS) is 17.6. The van der Waals surface area contributed by atoms with Gasteiger partial charge in [0.15, 0.2) is 0 Å². The maximum absolute atomic E-state index is 12.4. The van der Waals surface area contributed by atoms with Gasteiger partial charge in [0.1, 0.15) is 11.5 Å². The van der Waals surface area contributed by atoms with Crippen molar-refractivity contribution in [1.29, 1.82) is 0 Å². The highest BCUT2D eigenvalue weighted by Gasteiger charge is 2.29. The van der Waals surface area contributed by atoms with E-state index in [1.807, 2.05) is 24.3 Å². The first-order chi connectivity index (χ1) is 13.7. The predicted molar refractivity (Wildman–Crippen MR) is 104 cm³/mol. The molecule has 4 heteroatoms. The standard InChI is InChI=1S/C24H16O4/c25-23(17-9-1-2-10-17)27-21-15-7-5-13-19(21)20-14-6-8-16-22(20)28-24(26)18-11-3-4-12-18/h1-16H. The molecule has 2 saturated carbocycles. The molecule has 2 aromatic carbocycles. The molecule has 0 amide bonds. The van der Waals surface area contributed by atoms with Crippen molar-refractivity contribution in [3.8, 4) is 22.6 Å². The van der Waals surface area contributed by atoms with E-state index in [1.54, 1.807) is 75.6 Å². The minimum absolute atomic E-state index is 0.394. The van der Waals surface area contributed by atoms with Crippen LogP contribution in [0.15, 0.2) is 48.5 Å². The van der Waals surface area contributed by atoms with Crippen LogP contribution in [0.3, 0.4) is 0 Å². The highest BCUT2D eigenvalue weighted by atomic mass is 16.5. The van der Waals surface area contributed by atoms with Crippen molar-refractivity contribution in [2.75, 3.05) is 0 Å².